The lowest BCUT2D eigenvalue weighted by Gasteiger charge is -2.10. The van der Waals surface area contributed by atoms with Gasteiger partial charge in [0.25, 0.3) is 5.91 Å². The van der Waals surface area contributed by atoms with Crippen molar-refractivity contribution in [1.82, 2.24) is 5.32 Å². The number of halogens is 1. The van der Waals surface area contributed by atoms with Gasteiger partial charge in [-0.3, -0.25) is 4.79 Å². The van der Waals surface area contributed by atoms with Crippen LogP contribution < -0.4 is 10.1 Å². The minimum Gasteiger partial charge on any atom is -0.496 e. The summed E-state index contributed by atoms with van der Waals surface area (Å²) in [4.78, 5) is 12.0. The molecule has 0 saturated heterocycles. The quantitative estimate of drug-likeness (QED) is 0.938. The Morgan fingerprint density at radius 2 is 2.14 bits per heavy atom. The van der Waals surface area contributed by atoms with Gasteiger partial charge < -0.3 is 10.1 Å². The van der Waals surface area contributed by atoms with E-state index in [1.807, 2.05) is 6.07 Å². The van der Waals surface area contributed by atoms with Gasteiger partial charge in [0, 0.05) is 17.7 Å². The number of benzene rings is 2. The normalized spacial score (nSPS) is 9.76. The monoisotopic (exact) mass is 284 g/mol. The molecule has 0 bridgehead atoms. The zero-order valence-corrected chi connectivity index (χ0v) is 11.4. The van der Waals surface area contributed by atoms with Gasteiger partial charge in [-0.25, -0.2) is 4.39 Å². The number of hydrogen-bond acceptors (Lipinski definition) is 3. The summed E-state index contributed by atoms with van der Waals surface area (Å²) >= 11 is 0. The standard InChI is InChI=1S/C16H13FN2O2/c1-21-15-6-5-14(17)8-13(15)10-19-16(20)12-4-2-3-11(7-12)9-18/h2-8H,10H2,1H3,(H,19,20). The molecule has 106 valence electrons. The van der Waals surface area contributed by atoms with E-state index in [0.717, 1.165) is 0 Å². The van der Waals surface area contributed by atoms with Crippen molar-refractivity contribution in [2.24, 2.45) is 0 Å². The third kappa shape index (κ3) is 3.57. The predicted octanol–water partition coefficient (Wildman–Crippen LogP) is 2.64. The largest absolute Gasteiger partial charge is 0.496 e. The summed E-state index contributed by atoms with van der Waals surface area (Å²) in [6.07, 6.45) is 0. The summed E-state index contributed by atoms with van der Waals surface area (Å²) in [5, 5.41) is 11.5. The molecule has 0 aliphatic heterocycles. The highest BCUT2D eigenvalue weighted by Crippen LogP contribution is 2.19. The first-order valence-electron chi connectivity index (χ1n) is 6.25. The first-order valence-corrected chi connectivity index (χ1v) is 6.25. The van der Waals surface area contributed by atoms with E-state index < -0.39 is 5.82 Å². The zero-order chi connectivity index (χ0) is 15.2. The Morgan fingerprint density at radius 1 is 1.33 bits per heavy atom. The van der Waals surface area contributed by atoms with Crippen LogP contribution in [0.1, 0.15) is 21.5 Å². The maximum Gasteiger partial charge on any atom is 0.251 e. The second kappa shape index (κ2) is 6.53. The number of carbonyl (C=O) groups excluding carboxylic acids is 1. The highest BCUT2D eigenvalue weighted by Gasteiger charge is 2.09. The Morgan fingerprint density at radius 3 is 2.86 bits per heavy atom. The van der Waals surface area contributed by atoms with Crippen LogP contribution in [0.15, 0.2) is 42.5 Å². The molecule has 0 saturated carbocycles. The van der Waals surface area contributed by atoms with Crippen molar-refractivity contribution < 1.29 is 13.9 Å². The number of nitrogens with zero attached hydrogens (tertiary/aromatic N) is 1. The van der Waals surface area contributed by atoms with Crippen molar-refractivity contribution in [3.63, 3.8) is 0 Å². The molecule has 2 aromatic carbocycles. The van der Waals surface area contributed by atoms with E-state index in [2.05, 4.69) is 5.32 Å². The Balaban J connectivity index is 2.11. The van der Waals surface area contributed by atoms with Gasteiger partial charge in [-0.05, 0) is 36.4 Å². The second-order valence-corrected chi connectivity index (χ2v) is 4.33. The lowest BCUT2D eigenvalue weighted by atomic mass is 10.1. The van der Waals surface area contributed by atoms with Crippen LogP contribution in [0.25, 0.3) is 0 Å². The number of amides is 1. The third-order valence-corrected chi connectivity index (χ3v) is 2.94. The molecule has 0 radical (unpaired) electrons. The maximum atomic E-state index is 13.2. The molecule has 0 heterocycles. The number of carbonyl (C=O) groups is 1. The van der Waals surface area contributed by atoms with Gasteiger partial charge in [0.2, 0.25) is 0 Å². The van der Waals surface area contributed by atoms with Gasteiger partial charge in [0.1, 0.15) is 11.6 Å². The molecular weight excluding hydrogens is 271 g/mol. The molecule has 0 atom stereocenters. The summed E-state index contributed by atoms with van der Waals surface area (Å²) in [6, 6.07) is 12.4. The van der Waals surface area contributed by atoms with Gasteiger partial charge in [0.05, 0.1) is 18.7 Å². The van der Waals surface area contributed by atoms with E-state index in [4.69, 9.17) is 10.00 Å². The van der Waals surface area contributed by atoms with Gasteiger partial charge in [-0.2, -0.15) is 5.26 Å². The SMILES string of the molecule is COc1ccc(F)cc1CNC(=O)c1cccc(C#N)c1. The summed E-state index contributed by atoms with van der Waals surface area (Å²) in [5.41, 5.74) is 1.33. The molecule has 0 spiro atoms. The number of nitrogens with one attached hydrogen (secondary N) is 1. The van der Waals surface area contributed by atoms with Crippen molar-refractivity contribution >= 4 is 5.91 Å². The average Bonchev–Trinajstić information content (AvgIpc) is 2.52. The van der Waals surface area contributed by atoms with Crippen molar-refractivity contribution in [2.45, 2.75) is 6.54 Å². The van der Waals surface area contributed by atoms with Gasteiger partial charge in [-0.1, -0.05) is 6.07 Å². The van der Waals surface area contributed by atoms with E-state index in [9.17, 15) is 9.18 Å². The maximum absolute atomic E-state index is 13.2. The number of methoxy groups -OCH3 is 1. The summed E-state index contributed by atoms with van der Waals surface area (Å²) in [6.45, 7) is 0.135. The smallest absolute Gasteiger partial charge is 0.251 e. The third-order valence-electron chi connectivity index (χ3n) is 2.94. The van der Waals surface area contributed by atoms with Crippen LogP contribution in [0, 0.1) is 17.1 Å². The second-order valence-electron chi connectivity index (χ2n) is 4.33. The lowest BCUT2D eigenvalue weighted by Crippen LogP contribution is -2.23. The molecule has 2 rings (SSSR count). The Kier molecular flexibility index (Phi) is 4.52. The summed E-state index contributed by atoms with van der Waals surface area (Å²) in [7, 11) is 1.48. The molecular formula is C16H13FN2O2. The van der Waals surface area contributed by atoms with Crippen LogP contribution in [-0.2, 0) is 6.54 Å². The highest BCUT2D eigenvalue weighted by atomic mass is 19.1. The highest BCUT2D eigenvalue weighted by molar-refractivity contribution is 5.94. The van der Waals surface area contributed by atoms with E-state index in [1.165, 1.54) is 31.4 Å². The fourth-order valence-electron chi connectivity index (χ4n) is 1.89. The van der Waals surface area contributed by atoms with Crippen LogP contribution >= 0.6 is 0 Å². The minimum absolute atomic E-state index is 0.135. The van der Waals surface area contributed by atoms with Crippen molar-refractivity contribution in [3.8, 4) is 11.8 Å². The fraction of sp³-hybridized carbons (Fsp3) is 0.125. The number of ether oxygens (including phenoxy) is 1. The molecule has 2 aromatic rings. The Hall–Kier alpha value is -2.87. The topological polar surface area (TPSA) is 62.1 Å². The van der Waals surface area contributed by atoms with Crippen molar-refractivity contribution in [1.29, 1.82) is 5.26 Å². The van der Waals surface area contributed by atoms with Crippen molar-refractivity contribution in [2.75, 3.05) is 7.11 Å². The minimum atomic E-state index is -0.397. The zero-order valence-electron chi connectivity index (χ0n) is 11.4. The molecule has 1 N–H and O–H groups in total. The van der Waals surface area contributed by atoms with Gasteiger partial charge >= 0.3 is 0 Å². The molecule has 0 aliphatic rings. The number of rotatable bonds is 4. The van der Waals surface area contributed by atoms with E-state index in [0.29, 0.717) is 22.4 Å². The summed E-state index contributed by atoms with van der Waals surface area (Å²) in [5.74, 6) is -0.229. The molecule has 0 aromatic heterocycles. The number of nitriles is 1. The Labute approximate surface area is 121 Å². The van der Waals surface area contributed by atoms with Crippen LogP contribution in [0.3, 0.4) is 0 Å². The average molecular weight is 284 g/mol. The van der Waals surface area contributed by atoms with E-state index >= 15 is 0 Å². The van der Waals surface area contributed by atoms with Crippen molar-refractivity contribution in [3.05, 3.63) is 65.0 Å². The lowest BCUT2D eigenvalue weighted by molar-refractivity contribution is 0.0950. The van der Waals surface area contributed by atoms with Crippen LogP contribution in [0.5, 0.6) is 5.75 Å². The number of hydrogen-bond donors (Lipinski definition) is 1. The molecule has 21 heavy (non-hydrogen) atoms. The molecule has 0 fully saturated rings. The molecule has 5 heteroatoms. The molecule has 0 unspecified atom stereocenters. The van der Waals surface area contributed by atoms with Gasteiger partial charge in [0.15, 0.2) is 0 Å². The predicted molar refractivity (Wildman–Crippen MR) is 75.3 cm³/mol. The molecule has 0 aliphatic carbocycles. The van der Waals surface area contributed by atoms with Crippen LogP contribution in [0.4, 0.5) is 4.39 Å². The van der Waals surface area contributed by atoms with E-state index in [1.54, 1.807) is 18.2 Å². The molecule has 4 nitrogen and oxygen atoms in total. The van der Waals surface area contributed by atoms with E-state index in [-0.39, 0.29) is 12.5 Å². The fourth-order valence-corrected chi connectivity index (χ4v) is 1.89. The first-order chi connectivity index (χ1) is 10.1. The van der Waals surface area contributed by atoms with Crippen LogP contribution in [-0.4, -0.2) is 13.0 Å². The molecule has 1 amide bonds. The summed E-state index contributed by atoms with van der Waals surface area (Å²) < 4.78 is 18.3. The first kappa shape index (κ1) is 14.5. The van der Waals surface area contributed by atoms with Gasteiger partial charge in [-0.15, -0.1) is 0 Å². The van der Waals surface area contributed by atoms with Crippen LogP contribution in [0.2, 0.25) is 0 Å². The Bertz CT molecular complexity index is 708.